The SMILES string of the molecule is O=C(c1cccnc1)N1CCCC1c1ccccc1F. The maximum atomic E-state index is 13.9. The van der Waals surface area contributed by atoms with Crippen molar-refractivity contribution in [3.8, 4) is 0 Å². The number of hydrogen-bond acceptors (Lipinski definition) is 2. The number of halogens is 1. The molecule has 2 heterocycles. The number of hydrogen-bond donors (Lipinski definition) is 0. The number of amides is 1. The van der Waals surface area contributed by atoms with Crippen molar-refractivity contribution >= 4 is 5.91 Å². The van der Waals surface area contributed by atoms with Crippen LogP contribution in [0.15, 0.2) is 48.8 Å². The van der Waals surface area contributed by atoms with Gasteiger partial charge in [0.1, 0.15) is 5.82 Å². The molecular weight excluding hydrogens is 255 g/mol. The second kappa shape index (κ2) is 5.41. The van der Waals surface area contributed by atoms with E-state index in [9.17, 15) is 9.18 Å². The summed E-state index contributed by atoms with van der Waals surface area (Å²) in [6.45, 7) is 0.659. The summed E-state index contributed by atoms with van der Waals surface area (Å²) in [5.41, 5.74) is 1.15. The van der Waals surface area contributed by atoms with Gasteiger partial charge in [0.05, 0.1) is 11.6 Å². The lowest BCUT2D eigenvalue weighted by atomic mass is 10.0. The molecule has 0 aliphatic carbocycles. The average Bonchev–Trinajstić information content (AvgIpc) is 2.97. The molecule has 0 N–H and O–H groups in total. The van der Waals surface area contributed by atoms with Gasteiger partial charge in [-0.25, -0.2) is 4.39 Å². The number of benzene rings is 1. The molecular formula is C16H15FN2O. The maximum absolute atomic E-state index is 13.9. The third kappa shape index (κ3) is 2.29. The van der Waals surface area contributed by atoms with E-state index in [-0.39, 0.29) is 17.8 Å². The highest BCUT2D eigenvalue weighted by Crippen LogP contribution is 2.34. The molecule has 0 saturated carbocycles. The Balaban J connectivity index is 1.90. The van der Waals surface area contributed by atoms with Crippen molar-refractivity contribution in [1.29, 1.82) is 0 Å². The number of likely N-dealkylation sites (tertiary alicyclic amines) is 1. The van der Waals surface area contributed by atoms with Gasteiger partial charge in [-0.2, -0.15) is 0 Å². The quantitative estimate of drug-likeness (QED) is 0.839. The van der Waals surface area contributed by atoms with Crippen LogP contribution in [0.3, 0.4) is 0 Å². The molecule has 0 bridgehead atoms. The Bertz CT molecular complexity index is 615. The van der Waals surface area contributed by atoms with Gasteiger partial charge in [0, 0.05) is 24.5 Å². The lowest BCUT2D eigenvalue weighted by Crippen LogP contribution is -2.31. The molecule has 0 radical (unpaired) electrons. The van der Waals surface area contributed by atoms with E-state index in [1.807, 2.05) is 6.07 Å². The van der Waals surface area contributed by atoms with Gasteiger partial charge in [0.2, 0.25) is 0 Å². The lowest BCUT2D eigenvalue weighted by Gasteiger charge is -2.25. The fraction of sp³-hybridized carbons (Fsp3) is 0.250. The summed E-state index contributed by atoms with van der Waals surface area (Å²) in [7, 11) is 0. The number of carbonyl (C=O) groups excluding carboxylic acids is 1. The summed E-state index contributed by atoms with van der Waals surface area (Å²) >= 11 is 0. The van der Waals surface area contributed by atoms with Crippen molar-refractivity contribution in [3.63, 3.8) is 0 Å². The fourth-order valence-corrected chi connectivity index (χ4v) is 2.73. The first-order valence-corrected chi connectivity index (χ1v) is 6.73. The Labute approximate surface area is 117 Å². The minimum Gasteiger partial charge on any atom is -0.331 e. The molecule has 4 heteroatoms. The van der Waals surface area contributed by atoms with Crippen molar-refractivity contribution in [2.45, 2.75) is 18.9 Å². The molecule has 3 rings (SSSR count). The fourth-order valence-electron chi connectivity index (χ4n) is 2.73. The van der Waals surface area contributed by atoms with Crippen molar-refractivity contribution < 1.29 is 9.18 Å². The van der Waals surface area contributed by atoms with Crippen LogP contribution >= 0.6 is 0 Å². The Kier molecular flexibility index (Phi) is 3.46. The zero-order valence-electron chi connectivity index (χ0n) is 11.0. The molecule has 1 aromatic carbocycles. The summed E-state index contributed by atoms with van der Waals surface area (Å²) in [6.07, 6.45) is 4.88. The van der Waals surface area contributed by atoms with Gasteiger partial charge >= 0.3 is 0 Å². The van der Waals surface area contributed by atoms with Crippen molar-refractivity contribution in [1.82, 2.24) is 9.88 Å². The Morgan fingerprint density at radius 2 is 2.10 bits per heavy atom. The monoisotopic (exact) mass is 270 g/mol. The van der Waals surface area contributed by atoms with E-state index in [4.69, 9.17) is 0 Å². The normalized spacial score (nSPS) is 18.2. The first-order chi connectivity index (χ1) is 9.77. The highest BCUT2D eigenvalue weighted by Gasteiger charge is 2.32. The first-order valence-electron chi connectivity index (χ1n) is 6.73. The summed E-state index contributed by atoms with van der Waals surface area (Å²) in [4.78, 5) is 18.2. The summed E-state index contributed by atoms with van der Waals surface area (Å²) in [6, 6.07) is 9.98. The minimum absolute atomic E-state index is 0.0798. The largest absolute Gasteiger partial charge is 0.331 e. The van der Waals surface area contributed by atoms with Gasteiger partial charge in [-0.05, 0) is 31.0 Å². The molecule has 1 unspecified atom stereocenters. The molecule has 2 aromatic rings. The van der Waals surface area contributed by atoms with Crippen LogP contribution in [0.4, 0.5) is 4.39 Å². The molecule has 3 nitrogen and oxygen atoms in total. The van der Waals surface area contributed by atoms with Crippen LogP contribution in [-0.4, -0.2) is 22.3 Å². The number of carbonyl (C=O) groups is 1. The molecule has 1 fully saturated rings. The van der Waals surface area contributed by atoms with E-state index in [1.165, 1.54) is 6.07 Å². The van der Waals surface area contributed by atoms with E-state index in [1.54, 1.807) is 41.6 Å². The molecule has 1 saturated heterocycles. The lowest BCUT2D eigenvalue weighted by molar-refractivity contribution is 0.0733. The predicted octanol–water partition coefficient (Wildman–Crippen LogP) is 3.20. The second-order valence-electron chi connectivity index (χ2n) is 4.92. The van der Waals surface area contributed by atoms with Crippen molar-refractivity contribution in [2.75, 3.05) is 6.54 Å². The molecule has 20 heavy (non-hydrogen) atoms. The van der Waals surface area contributed by atoms with Crippen LogP contribution in [0.1, 0.15) is 34.8 Å². The molecule has 1 aliphatic rings. The molecule has 0 spiro atoms. The minimum atomic E-state index is -0.247. The highest BCUT2D eigenvalue weighted by molar-refractivity contribution is 5.94. The molecule has 1 aromatic heterocycles. The Morgan fingerprint density at radius 3 is 2.85 bits per heavy atom. The topological polar surface area (TPSA) is 33.2 Å². The van der Waals surface area contributed by atoms with Gasteiger partial charge in [-0.15, -0.1) is 0 Å². The van der Waals surface area contributed by atoms with Gasteiger partial charge in [-0.1, -0.05) is 18.2 Å². The van der Waals surface area contributed by atoms with Gasteiger partial charge < -0.3 is 4.90 Å². The predicted molar refractivity (Wildman–Crippen MR) is 73.6 cm³/mol. The summed E-state index contributed by atoms with van der Waals surface area (Å²) in [5, 5.41) is 0. The smallest absolute Gasteiger partial charge is 0.255 e. The standard InChI is InChI=1S/C16H15FN2O/c17-14-7-2-1-6-13(14)15-8-4-10-19(15)16(20)12-5-3-9-18-11-12/h1-3,5-7,9,11,15H,4,8,10H2. The van der Waals surface area contributed by atoms with Crippen molar-refractivity contribution in [2.24, 2.45) is 0 Å². The highest BCUT2D eigenvalue weighted by atomic mass is 19.1. The Hall–Kier alpha value is -2.23. The maximum Gasteiger partial charge on any atom is 0.255 e. The van der Waals surface area contributed by atoms with Crippen LogP contribution < -0.4 is 0 Å². The van der Waals surface area contributed by atoms with Gasteiger partial charge in [-0.3, -0.25) is 9.78 Å². The molecule has 102 valence electrons. The first kappa shape index (κ1) is 12.8. The van der Waals surface area contributed by atoms with Crippen molar-refractivity contribution in [3.05, 3.63) is 65.7 Å². The number of aromatic nitrogens is 1. The van der Waals surface area contributed by atoms with Crippen LogP contribution in [0.2, 0.25) is 0 Å². The summed E-state index contributed by atoms with van der Waals surface area (Å²) < 4.78 is 13.9. The number of pyridine rings is 1. The number of nitrogens with zero attached hydrogens (tertiary/aromatic N) is 2. The Morgan fingerprint density at radius 1 is 1.25 bits per heavy atom. The van der Waals surface area contributed by atoms with Gasteiger partial charge in [0.15, 0.2) is 0 Å². The second-order valence-corrected chi connectivity index (χ2v) is 4.92. The van der Waals surface area contributed by atoms with E-state index >= 15 is 0 Å². The third-order valence-corrected chi connectivity index (χ3v) is 3.69. The van der Waals surface area contributed by atoms with Crippen LogP contribution in [0.25, 0.3) is 0 Å². The van der Waals surface area contributed by atoms with E-state index in [0.717, 1.165) is 12.8 Å². The van der Waals surface area contributed by atoms with Crippen LogP contribution in [0, 0.1) is 5.82 Å². The molecule has 1 amide bonds. The zero-order chi connectivity index (χ0) is 13.9. The van der Waals surface area contributed by atoms with Crippen LogP contribution in [0.5, 0.6) is 0 Å². The number of rotatable bonds is 2. The third-order valence-electron chi connectivity index (χ3n) is 3.69. The molecule has 1 atom stereocenters. The zero-order valence-corrected chi connectivity index (χ0v) is 11.0. The summed E-state index contributed by atoms with van der Waals surface area (Å²) in [5.74, 6) is -0.327. The van der Waals surface area contributed by atoms with Gasteiger partial charge in [0.25, 0.3) is 5.91 Å². The molecule has 1 aliphatic heterocycles. The van der Waals surface area contributed by atoms with E-state index in [0.29, 0.717) is 17.7 Å². The average molecular weight is 270 g/mol. The van der Waals surface area contributed by atoms with Crippen LogP contribution in [-0.2, 0) is 0 Å². The van der Waals surface area contributed by atoms with E-state index in [2.05, 4.69) is 4.98 Å². The van der Waals surface area contributed by atoms with E-state index < -0.39 is 0 Å².